The Balaban J connectivity index is 2.00. The first kappa shape index (κ1) is 12.4. The van der Waals surface area contributed by atoms with E-state index in [0.29, 0.717) is 11.0 Å². The van der Waals surface area contributed by atoms with E-state index in [4.69, 9.17) is 4.42 Å². The average Bonchev–Trinajstić information content (AvgIpc) is 2.89. The Morgan fingerprint density at radius 2 is 2.16 bits per heavy atom. The van der Waals surface area contributed by atoms with Gasteiger partial charge in [0.2, 0.25) is 0 Å². The number of amides is 1. The van der Waals surface area contributed by atoms with Crippen molar-refractivity contribution in [3.63, 3.8) is 0 Å². The topological polar surface area (TPSA) is 33.5 Å². The summed E-state index contributed by atoms with van der Waals surface area (Å²) in [7, 11) is 0. The Hall–Kier alpha value is -1.68. The van der Waals surface area contributed by atoms with Gasteiger partial charge in [-0.1, -0.05) is 19.1 Å². The van der Waals surface area contributed by atoms with Crippen LogP contribution in [-0.4, -0.2) is 17.7 Å². The third-order valence-electron chi connectivity index (χ3n) is 3.22. The van der Waals surface area contributed by atoms with Gasteiger partial charge in [-0.15, -0.1) is 11.8 Å². The van der Waals surface area contributed by atoms with E-state index in [2.05, 4.69) is 13.0 Å². The first-order valence-corrected chi connectivity index (χ1v) is 7.25. The summed E-state index contributed by atoms with van der Waals surface area (Å²) in [5.41, 5.74) is 0.984. The maximum Gasteiger partial charge on any atom is 0.293 e. The van der Waals surface area contributed by atoms with Gasteiger partial charge in [0.25, 0.3) is 5.91 Å². The minimum absolute atomic E-state index is 0.0628. The first-order chi connectivity index (χ1) is 9.25. The van der Waals surface area contributed by atoms with Crippen molar-refractivity contribution in [1.29, 1.82) is 0 Å². The largest absolute Gasteiger partial charge is 0.459 e. The molecule has 2 aromatic rings. The summed E-state index contributed by atoms with van der Waals surface area (Å²) in [6.45, 7) is 2.92. The molecule has 1 aliphatic rings. The molecule has 0 bridgehead atoms. The quantitative estimate of drug-likeness (QED) is 0.792. The number of benzene rings is 1. The second-order valence-corrected chi connectivity index (χ2v) is 6.10. The molecule has 1 aromatic heterocycles. The third-order valence-corrected chi connectivity index (χ3v) is 4.46. The molecule has 0 radical (unpaired) electrons. The van der Waals surface area contributed by atoms with Crippen LogP contribution in [0.2, 0.25) is 0 Å². The SMILES string of the molecule is CC1CCN(C(=O)c2ccco2)c2ccccc2S1. The van der Waals surface area contributed by atoms with Crippen molar-refractivity contribution in [3.05, 3.63) is 48.4 Å². The molecule has 1 aliphatic heterocycles. The van der Waals surface area contributed by atoms with Crippen molar-refractivity contribution in [1.82, 2.24) is 0 Å². The lowest BCUT2D eigenvalue weighted by atomic mass is 10.2. The number of hydrogen-bond acceptors (Lipinski definition) is 3. The normalized spacial score (nSPS) is 18.8. The minimum Gasteiger partial charge on any atom is -0.459 e. The predicted molar refractivity (Wildman–Crippen MR) is 76.8 cm³/mol. The number of para-hydroxylation sites is 1. The maximum absolute atomic E-state index is 12.5. The second kappa shape index (κ2) is 5.13. The monoisotopic (exact) mass is 273 g/mol. The van der Waals surface area contributed by atoms with Gasteiger partial charge < -0.3 is 9.32 Å². The van der Waals surface area contributed by atoms with Gasteiger partial charge >= 0.3 is 0 Å². The highest BCUT2D eigenvalue weighted by molar-refractivity contribution is 8.00. The summed E-state index contributed by atoms with van der Waals surface area (Å²) >= 11 is 1.83. The Labute approximate surface area is 116 Å². The predicted octanol–water partition coefficient (Wildman–Crippen LogP) is 3.81. The van der Waals surface area contributed by atoms with Gasteiger partial charge in [0, 0.05) is 16.7 Å². The molecule has 1 aromatic carbocycles. The molecule has 0 fully saturated rings. The zero-order chi connectivity index (χ0) is 13.2. The van der Waals surface area contributed by atoms with E-state index in [1.54, 1.807) is 12.1 Å². The molecule has 1 atom stereocenters. The summed E-state index contributed by atoms with van der Waals surface area (Å²) in [6.07, 6.45) is 2.51. The number of rotatable bonds is 1. The standard InChI is InChI=1S/C15H15NO2S/c1-11-8-9-16(15(17)13-6-4-10-18-13)12-5-2-3-7-14(12)19-11/h2-7,10-11H,8-9H2,1H3. The van der Waals surface area contributed by atoms with Crippen LogP contribution in [0, 0.1) is 0 Å². The van der Waals surface area contributed by atoms with E-state index in [0.717, 1.165) is 23.5 Å². The number of fused-ring (bicyclic) bond motifs is 1. The Morgan fingerprint density at radius 3 is 2.95 bits per heavy atom. The van der Waals surface area contributed by atoms with E-state index in [1.807, 2.05) is 34.9 Å². The molecule has 1 amide bonds. The lowest BCUT2D eigenvalue weighted by molar-refractivity contribution is 0.0960. The van der Waals surface area contributed by atoms with Crippen LogP contribution in [0.1, 0.15) is 23.9 Å². The third kappa shape index (κ3) is 2.40. The summed E-state index contributed by atoms with van der Waals surface area (Å²) < 4.78 is 5.23. The first-order valence-electron chi connectivity index (χ1n) is 6.37. The van der Waals surface area contributed by atoms with Crippen LogP contribution in [-0.2, 0) is 0 Å². The number of hydrogen-bond donors (Lipinski definition) is 0. The Kier molecular flexibility index (Phi) is 3.34. The molecule has 98 valence electrons. The highest BCUT2D eigenvalue weighted by Crippen LogP contribution is 2.37. The van der Waals surface area contributed by atoms with Gasteiger partial charge in [-0.05, 0) is 30.7 Å². The maximum atomic E-state index is 12.5. The molecule has 19 heavy (non-hydrogen) atoms. The van der Waals surface area contributed by atoms with Crippen LogP contribution in [0.5, 0.6) is 0 Å². The highest BCUT2D eigenvalue weighted by Gasteiger charge is 2.26. The molecule has 3 rings (SSSR count). The van der Waals surface area contributed by atoms with Gasteiger partial charge in [-0.2, -0.15) is 0 Å². The number of nitrogens with zero attached hydrogens (tertiary/aromatic N) is 1. The fourth-order valence-electron chi connectivity index (χ4n) is 2.23. The van der Waals surface area contributed by atoms with Crippen molar-refractivity contribution in [3.8, 4) is 0 Å². The van der Waals surface area contributed by atoms with Gasteiger partial charge in [-0.25, -0.2) is 0 Å². The Morgan fingerprint density at radius 1 is 1.32 bits per heavy atom. The van der Waals surface area contributed by atoms with Crippen LogP contribution in [0.3, 0.4) is 0 Å². The molecule has 1 unspecified atom stereocenters. The molecule has 0 N–H and O–H groups in total. The van der Waals surface area contributed by atoms with Crippen molar-refractivity contribution >= 4 is 23.4 Å². The molecule has 2 heterocycles. The number of furan rings is 1. The summed E-state index contributed by atoms with van der Waals surface area (Å²) in [4.78, 5) is 15.5. The molecule has 0 saturated heterocycles. The zero-order valence-corrected chi connectivity index (χ0v) is 11.5. The molecule has 4 heteroatoms. The van der Waals surface area contributed by atoms with Crippen LogP contribution in [0.25, 0.3) is 0 Å². The van der Waals surface area contributed by atoms with Crippen molar-refractivity contribution < 1.29 is 9.21 Å². The number of carbonyl (C=O) groups excluding carboxylic acids is 1. The molecule has 0 aliphatic carbocycles. The van der Waals surface area contributed by atoms with Crippen molar-refractivity contribution in [2.75, 3.05) is 11.4 Å². The summed E-state index contributed by atoms with van der Waals surface area (Å²) in [5.74, 6) is 0.335. The average molecular weight is 273 g/mol. The lowest BCUT2D eigenvalue weighted by Crippen LogP contribution is -2.31. The molecule has 0 saturated carbocycles. The second-order valence-electron chi connectivity index (χ2n) is 4.62. The lowest BCUT2D eigenvalue weighted by Gasteiger charge is -2.21. The Bertz CT molecular complexity index is 580. The van der Waals surface area contributed by atoms with Crippen LogP contribution < -0.4 is 4.90 Å². The van der Waals surface area contributed by atoms with Gasteiger partial charge in [-0.3, -0.25) is 4.79 Å². The highest BCUT2D eigenvalue weighted by atomic mass is 32.2. The van der Waals surface area contributed by atoms with E-state index in [9.17, 15) is 4.79 Å². The van der Waals surface area contributed by atoms with Crippen LogP contribution in [0.15, 0.2) is 52.0 Å². The van der Waals surface area contributed by atoms with Crippen molar-refractivity contribution in [2.24, 2.45) is 0 Å². The molecule has 3 nitrogen and oxygen atoms in total. The van der Waals surface area contributed by atoms with Crippen LogP contribution >= 0.6 is 11.8 Å². The summed E-state index contributed by atoms with van der Waals surface area (Å²) in [6, 6.07) is 11.5. The van der Waals surface area contributed by atoms with E-state index < -0.39 is 0 Å². The minimum atomic E-state index is -0.0628. The van der Waals surface area contributed by atoms with E-state index in [1.165, 1.54) is 6.26 Å². The molecular weight excluding hydrogens is 258 g/mol. The molecule has 0 spiro atoms. The number of anilines is 1. The van der Waals surface area contributed by atoms with E-state index >= 15 is 0 Å². The summed E-state index contributed by atoms with van der Waals surface area (Å²) in [5, 5.41) is 0.510. The van der Waals surface area contributed by atoms with Crippen LogP contribution in [0.4, 0.5) is 5.69 Å². The number of carbonyl (C=O) groups is 1. The molecular formula is C15H15NO2S. The fraction of sp³-hybridized carbons (Fsp3) is 0.267. The zero-order valence-electron chi connectivity index (χ0n) is 10.7. The van der Waals surface area contributed by atoms with Gasteiger partial charge in [0.05, 0.1) is 12.0 Å². The smallest absolute Gasteiger partial charge is 0.293 e. The van der Waals surface area contributed by atoms with Gasteiger partial charge in [0.1, 0.15) is 0 Å². The van der Waals surface area contributed by atoms with E-state index in [-0.39, 0.29) is 5.91 Å². The fourth-order valence-corrected chi connectivity index (χ4v) is 3.34. The number of thioether (sulfide) groups is 1. The van der Waals surface area contributed by atoms with Crippen molar-refractivity contribution in [2.45, 2.75) is 23.5 Å². The van der Waals surface area contributed by atoms with Gasteiger partial charge in [0.15, 0.2) is 5.76 Å².